The summed E-state index contributed by atoms with van der Waals surface area (Å²) in [6.07, 6.45) is 25.2. The molecule has 0 spiro atoms. The van der Waals surface area contributed by atoms with Gasteiger partial charge in [-0.25, -0.2) is 0 Å². The molecule has 2 aromatic rings. The molecule has 0 aliphatic heterocycles. The van der Waals surface area contributed by atoms with Crippen LogP contribution in [0.25, 0.3) is 0 Å². The summed E-state index contributed by atoms with van der Waals surface area (Å²) in [6.45, 7) is 6.20. The second-order valence-corrected chi connectivity index (χ2v) is 12.4. The maximum atomic E-state index is 6.18. The minimum Gasteiger partial charge on any atom is -0.373 e. The predicted molar refractivity (Wildman–Crippen MR) is 168 cm³/mol. The second-order valence-electron chi connectivity index (χ2n) is 12.4. The van der Waals surface area contributed by atoms with Crippen LogP contribution in [0.4, 0.5) is 0 Å². The van der Waals surface area contributed by atoms with E-state index >= 15 is 0 Å². The summed E-state index contributed by atoms with van der Waals surface area (Å²) in [7, 11) is 0. The standard InChI is InChI=1S/C38H54O/c1-3-5-7-31-9-13-33(14-10-31)17-19-35-21-25-37(26-22-35)29-39-30-38-27-23-36(24-28-38)20-18-34-15-11-32(12-16-34)8-6-4-2/h9-16,25,27,35-36H,3-8,17-24,26,28-30H2,1-2H3. The minimum atomic E-state index is 0.834. The highest BCUT2D eigenvalue weighted by molar-refractivity contribution is 5.24. The molecule has 2 unspecified atom stereocenters. The fourth-order valence-electron chi connectivity index (χ4n) is 6.23. The van der Waals surface area contributed by atoms with E-state index in [2.05, 4.69) is 74.5 Å². The van der Waals surface area contributed by atoms with Crippen LogP contribution in [0.3, 0.4) is 0 Å². The van der Waals surface area contributed by atoms with E-state index in [0.717, 1.165) is 25.0 Å². The van der Waals surface area contributed by atoms with Gasteiger partial charge >= 0.3 is 0 Å². The average Bonchev–Trinajstić information content (AvgIpc) is 2.99. The molecule has 0 bridgehead atoms. The lowest BCUT2D eigenvalue weighted by Gasteiger charge is -2.24. The SMILES string of the molecule is CCCCc1ccc(CCC2CC=C(COCC3=CCC(CCc4ccc(CCCC)cc4)CC3)CC2)cc1. The molecule has 1 nitrogen and oxygen atoms in total. The summed E-state index contributed by atoms with van der Waals surface area (Å²) >= 11 is 0. The Morgan fingerprint density at radius 1 is 0.564 bits per heavy atom. The van der Waals surface area contributed by atoms with E-state index in [1.54, 1.807) is 0 Å². The van der Waals surface area contributed by atoms with Crippen molar-refractivity contribution < 1.29 is 4.74 Å². The third-order valence-electron chi connectivity index (χ3n) is 9.17. The van der Waals surface area contributed by atoms with Crippen molar-refractivity contribution in [3.8, 4) is 0 Å². The van der Waals surface area contributed by atoms with E-state index in [0.29, 0.717) is 0 Å². The molecule has 0 saturated carbocycles. The normalized spacial score (nSPS) is 19.5. The minimum absolute atomic E-state index is 0.834. The first kappa shape index (κ1) is 29.9. The smallest absolute Gasteiger partial charge is 0.0681 e. The first-order chi connectivity index (χ1) is 19.2. The molecule has 0 fully saturated rings. The highest BCUT2D eigenvalue weighted by Crippen LogP contribution is 2.30. The lowest BCUT2D eigenvalue weighted by atomic mass is 9.85. The quantitative estimate of drug-likeness (QED) is 0.198. The van der Waals surface area contributed by atoms with Crippen LogP contribution in [0.5, 0.6) is 0 Å². The Kier molecular flexibility index (Phi) is 12.9. The molecule has 0 radical (unpaired) electrons. The molecule has 0 amide bonds. The zero-order chi connectivity index (χ0) is 27.1. The molecule has 2 atom stereocenters. The Bertz CT molecular complexity index is 926. The molecule has 0 heterocycles. The highest BCUT2D eigenvalue weighted by atomic mass is 16.5. The Balaban J connectivity index is 1.07. The van der Waals surface area contributed by atoms with Crippen LogP contribution in [-0.4, -0.2) is 13.2 Å². The molecule has 2 aliphatic rings. The van der Waals surface area contributed by atoms with E-state index in [1.165, 1.54) is 136 Å². The second kappa shape index (κ2) is 16.9. The van der Waals surface area contributed by atoms with Gasteiger partial charge in [-0.15, -0.1) is 0 Å². The van der Waals surface area contributed by atoms with Gasteiger partial charge in [0.15, 0.2) is 0 Å². The molecule has 2 aromatic carbocycles. The lowest BCUT2D eigenvalue weighted by Crippen LogP contribution is -2.13. The summed E-state index contributed by atoms with van der Waals surface area (Å²) in [5.41, 5.74) is 9.06. The van der Waals surface area contributed by atoms with Crippen LogP contribution in [-0.2, 0) is 30.4 Å². The van der Waals surface area contributed by atoms with Gasteiger partial charge in [0.2, 0.25) is 0 Å². The van der Waals surface area contributed by atoms with Crippen LogP contribution < -0.4 is 0 Å². The molecule has 39 heavy (non-hydrogen) atoms. The van der Waals surface area contributed by atoms with E-state index < -0.39 is 0 Å². The zero-order valence-corrected chi connectivity index (χ0v) is 25.1. The summed E-state index contributed by atoms with van der Waals surface area (Å²) in [6, 6.07) is 18.8. The van der Waals surface area contributed by atoms with E-state index in [-0.39, 0.29) is 0 Å². The monoisotopic (exact) mass is 526 g/mol. The topological polar surface area (TPSA) is 9.23 Å². The third-order valence-corrected chi connectivity index (χ3v) is 9.17. The van der Waals surface area contributed by atoms with Gasteiger partial charge in [-0.3, -0.25) is 0 Å². The number of allylic oxidation sites excluding steroid dienone is 2. The first-order valence-electron chi connectivity index (χ1n) is 16.3. The molecule has 1 heteroatoms. The van der Waals surface area contributed by atoms with Crippen molar-refractivity contribution >= 4 is 0 Å². The summed E-state index contributed by atoms with van der Waals surface area (Å²) < 4.78 is 6.18. The van der Waals surface area contributed by atoms with E-state index in [9.17, 15) is 0 Å². The summed E-state index contributed by atoms with van der Waals surface area (Å²) in [5, 5.41) is 0. The predicted octanol–water partition coefficient (Wildman–Crippen LogP) is 10.4. The van der Waals surface area contributed by atoms with Crippen LogP contribution in [0.2, 0.25) is 0 Å². The molecule has 2 aliphatic carbocycles. The Morgan fingerprint density at radius 2 is 0.949 bits per heavy atom. The van der Waals surface area contributed by atoms with E-state index in [1.807, 2.05) is 0 Å². The van der Waals surface area contributed by atoms with Gasteiger partial charge in [-0.1, -0.05) is 87.4 Å². The maximum Gasteiger partial charge on any atom is 0.0681 e. The van der Waals surface area contributed by atoms with Crippen LogP contribution >= 0.6 is 0 Å². The van der Waals surface area contributed by atoms with Gasteiger partial charge in [0.1, 0.15) is 0 Å². The molecule has 0 N–H and O–H groups in total. The van der Waals surface area contributed by atoms with Crippen molar-refractivity contribution in [1.82, 2.24) is 0 Å². The summed E-state index contributed by atoms with van der Waals surface area (Å²) in [5.74, 6) is 1.68. The summed E-state index contributed by atoms with van der Waals surface area (Å²) in [4.78, 5) is 0. The lowest BCUT2D eigenvalue weighted by molar-refractivity contribution is 0.169. The average molecular weight is 527 g/mol. The highest BCUT2D eigenvalue weighted by Gasteiger charge is 2.17. The fraction of sp³-hybridized carbons (Fsp3) is 0.579. The van der Waals surface area contributed by atoms with Gasteiger partial charge in [-0.05, 0) is 135 Å². The van der Waals surface area contributed by atoms with Crippen molar-refractivity contribution in [1.29, 1.82) is 0 Å². The molecular weight excluding hydrogens is 472 g/mol. The largest absolute Gasteiger partial charge is 0.373 e. The molecule has 4 rings (SSSR count). The number of rotatable bonds is 16. The third kappa shape index (κ3) is 10.8. The number of aryl methyl sites for hydroxylation is 4. The zero-order valence-electron chi connectivity index (χ0n) is 25.1. The Morgan fingerprint density at radius 3 is 1.28 bits per heavy atom. The Labute approximate surface area is 240 Å². The molecule has 0 aromatic heterocycles. The molecule has 0 saturated heterocycles. The van der Waals surface area contributed by atoms with Gasteiger partial charge < -0.3 is 4.74 Å². The van der Waals surface area contributed by atoms with Crippen molar-refractivity contribution in [2.24, 2.45) is 11.8 Å². The van der Waals surface area contributed by atoms with Gasteiger partial charge in [0.25, 0.3) is 0 Å². The van der Waals surface area contributed by atoms with Crippen molar-refractivity contribution in [3.05, 3.63) is 94.1 Å². The van der Waals surface area contributed by atoms with Gasteiger partial charge in [0.05, 0.1) is 13.2 Å². The van der Waals surface area contributed by atoms with Crippen molar-refractivity contribution in [3.63, 3.8) is 0 Å². The van der Waals surface area contributed by atoms with Gasteiger partial charge in [0, 0.05) is 0 Å². The van der Waals surface area contributed by atoms with Crippen LogP contribution in [0.1, 0.15) is 113 Å². The maximum absolute atomic E-state index is 6.18. The van der Waals surface area contributed by atoms with Crippen molar-refractivity contribution in [2.45, 2.75) is 117 Å². The van der Waals surface area contributed by atoms with Crippen LogP contribution in [0.15, 0.2) is 71.8 Å². The number of unbranched alkanes of at least 4 members (excludes halogenated alkanes) is 2. The molecule has 212 valence electrons. The van der Waals surface area contributed by atoms with E-state index in [4.69, 9.17) is 4.74 Å². The number of ether oxygens (including phenoxy) is 1. The number of benzene rings is 2. The number of hydrogen-bond donors (Lipinski definition) is 0. The van der Waals surface area contributed by atoms with Crippen molar-refractivity contribution in [2.75, 3.05) is 13.2 Å². The van der Waals surface area contributed by atoms with Crippen LogP contribution in [0, 0.1) is 11.8 Å². The fourth-order valence-corrected chi connectivity index (χ4v) is 6.23. The Hall–Kier alpha value is -2.12. The number of hydrogen-bond acceptors (Lipinski definition) is 1. The first-order valence-corrected chi connectivity index (χ1v) is 16.3. The van der Waals surface area contributed by atoms with Gasteiger partial charge in [-0.2, -0.15) is 0 Å². The molecular formula is C38H54O.